The topological polar surface area (TPSA) is 37.3 Å². The number of carboxylic acids is 1. The van der Waals surface area contributed by atoms with Gasteiger partial charge >= 0.3 is 5.97 Å². The fourth-order valence-corrected chi connectivity index (χ4v) is 3.16. The van der Waals surface area contributed by atoms with Crippen molar-refractivity contribution in [3.05, 3.63) is 35.9 Å². The van der Waals surface area contributed by atoms with Crippen LogP contribution in [0.2, 0.25) is 0 Å². The largest absolute Gasteiger partial charge is 0.481 e. The minimum Gasteiger partial charge on any atom is -0.481 e. The number of rotatable bonds is 2. The number of hydrogen-bond acceptors (Lipinski definition) is 1. The normalized spacial score (nSPS) is 25.7. The minimum atomic E-state index is -0.600. The van der Waals surface area contributed by atoms with Crippen molar-refractivity contribution in [1.82, 2.24) is 0 Å². The molecule has 0 saturated heterocycles. The molecule has 1 saturated carbocycles. The molecule has 0 heterocycles. The van der Waals surface area contributed by atoms with Gasteiger partial charge in [0.25, 0.3) is 0 Å². The van der Waals surface area contributed by atoms with Gasteiger partial charge in [-0.25, -0.2) is 0 Å². The highest BCUT2D eigenvalue weighted by molar-refractivity contribution is 5.69. The summed E-state index contributed by atoms with van der Waals surface area (Å²) in [7, 11) is 0. The van der Waals surface area contributed by atoms with Crippen molar-refractivity contribution in [1.29, 1.82) is 0 Å². The molecular weight excluding hydrogens is 236 g/mol. The molecule has 2 heteroatoms. The number of aliphatic carboxylic acids is 1. The fourth-order valence-electron chi connectivity index (χ4n) is 3.16. The first-order chi connectivity index (χ1) is 9.27. The van der Waals surface area contributed by atoms with Crippen LogP contribution in [0.15, 0.2) is 30.3 Å². The molecule has 2 unspecified atom stereocenters. The Labute approximate surface area is 115 Å². The van der Waals surface area contributed by atoms with Crippen molar-refractivity contribution in [3.8, 4) is 0 Å². The standard InChI is InChI=1S/C17H24O2/c18-17(19)16-11-6-2-5-10-15(12-7-13-16)14-8-3-1-4-9-14/h1,3-4,8-9,15-16H,2,5-7,10-13H2,(H,18,19). The first-order valence-corrected chi connectivity index (χ1v) is 7.55. The van der Waals surface area contributed by atoms with Crippen LogP contribution in [0, 0.1) is 5.92 Å². The van der Waals surface area contributed by atoms with Gasteiger partial charge in [0, 0.05) is 0 Å². The lowest BCUT2D eigenvalue weighted by Crippen LogP contribution is -2.15. The van der Waals surface area contributed by atoms with Crippen LogP contribution in [-0.2, 0) is 4.79 Å². The van der Waals surface area contributed by atoms with Crippen molar-refractivity contribution in [2.24, 2.45) is 5.92 Å². The molecule has 0 amide bonds. The maximum Gasteiger partial charge on any atom is 0.306 e. The molecule has 0 bridgehead atoms. The first-order valence-electron chi connectivity index (χ1n) is 7.55. The third-order valence-electron chi connectivity index (χ3n) is 4.33. The molecule has 104 valence electrons. The van der Waals surface area contributed by atoms with Gasteiger partial charge in [0.15, 0.2) is 0 Å². The highest BCUT2D eigenvalue weighted by atomic mass is 16.4. The van der Waals surface area contributed by atoms with E-state index in [0.29, 0.717) is 5.92 Å². The molecular formula is C17H24O2. The van der Waals surface area contributed by atoms with Crippen LogP contribution >= 0.6 is 0 Å². The Hall–Kier alpha value is -1.31. The summed E-state index contributed by atoms with van der Waals surface area (Å²) in [6.07, 6.45) is 8.60. The summed E-state index contributed by atoms with van der Waals surface area (Å²) in [5.41, 5.74) is 1.43. The minimum absolute atomic E-state index is 0.116. The quantitative estimate of drug-likeness (QED) is 0.843. The highest BCUT2D eigenvalue weighted by Crippen LogP contribution is 2.31. The van der Waals surface area contributed by atoms with Crippen molar-refractivity contribution in [3.63, 3.8) is 0 Å². The monoisotopic (exact) mass is 260 g/mol. The summed E-state index contributed by atoms with van der Waals surface area (Å²) < 4.78 is 0. The van der Waals surface area contributed by atoms with E-state index in [4.69, 9.17) is 0 Å². The number of carboxylic acid groups (broad SMARTS) is 1. The third kappa shape index (κ3) is 4.38. The van der Waals surface area contributed by atoms with Crippen LogP contribution in [0.1, 0.15) is 62.8 Å². The second-order valence-corrected chi connectivity index (χ2v) is 5.71. The summed E-state index contributed by atoms with van der Waals surface area (Å²) >= 11 is 0. The molecule has 1 aliphatic carbocycles. The second kappa shape index (κ2) is 7.32. The van der Waals surface area contributed by atoms with E-state index in [1.165, 1.54) is 24.8 Å². The Morgan fingerprint density at radius 3 is 2.26 bits per heavy atom. The zero-order valence-electron chi connectivity index (χ0n) is 11.6. The Bertz CT molecular complexity index is 386. The van der Waals surface area contributed by atoms with Gasteiger partial charge in [0.2, 0.25) is 0 Å². The lowest BCUT2D eigenvalue weighted by Gasteiger charge is -2.21. The molecule has 0 aliphatic heterocycles. The zero-order chi connectivity index (χ0) is 13.5. The molecule has 19 heavy (non-hydrogen) atoms. The van der Waals surface area contributed by atoms with Gasteiger partial charge in [-0.15, -0.1) is 0 Å². The molecule has 1 aliphatic rings. The first kappa shape index (κ1) is 14.1. The summed E-state index contributed by atoms with van der Waals surface area (Å²) in [5, 5.41) is 9.20. The molecule has 2 rings (SSSR count). The molecule has 0 radical (unpaired) electrons. The molecule has 0 aromatic heterocycles. The average Bonchev–Trinajstić information content (AvgIpc) is 2.44. The highest BCUT2D eigenvalue weighted by Gasteiger charge is 2.19. The molecule has 1 aromatic rings. The second-order valence-electron chi connectivity index (χ2n) is 5.71. The zero-order valence-corrected chi connectivity index (χ0v) is 11.6. The van der Waals surface area contributed by atoms with E-state index in [1.54, 1.807) is 0 Å². The van der Waals surface area contributed by atoms with Crippen LogP contribution in [0.25, 0.3) is 0 Å². The molecule has 2 atom stereocenters. The lowest BCUT2D eigenvalue weighted by molar-refractivity contribution is -0.142. The fraction of sp³-hybridized carbons (Fsp3) is 0.588. The lowest BCUT2D eigenvalue weighted by atomic mass is 9.84. The summed E-state index contributed by atoms with van der Waals surface area (Å²) in [6, 6.07) is 10.7. The van der Waals surface area contributed by atoms with E-state index < -0.39 is 5.97 Å². The summed E-state index contributed by atoms with van der Waals surface area (Å²) in [4.78, 5) is 11.2. The molecule has 2 nitrogen and oxygen atoms in total. The van der Waals surface area contributed by atoms with E-state index in [0.717, 1.165) is 32.1 Å². The van der Waals surface area contributed by atoms with Gasteiger partial charge in [-0.1, -0.05) is 56.0 Å². The van der Waals surface area contributed by atoms with E-state index in [2.05, 4.69) is 30.3 Å². The van der Waals surface area contributed by atoms with E-state index >= 15 is 0 Å². The van der Waals surface area contributed by atoms with E-state index in [1.807, 2.05) is 0 Å². The average molecular weight is 260 g/mol. The molecule has 1 N–H and O–H groups in total. The third-order valence-corrected chi connectivity index (χ3v) is 4.33. The van der Waals surface area contributed by atoms with Crippen LogP contribution in [0.3, 0.4) is 0 Å². The van der Waals surface area contributed by atoms with Gasteiger partial charge in [-0.05, 0) is 37.2 Å². The van der Waals surface area contributed by atoms with E-state index in [9.17, 15) is 9.90 Å². The predicted molar refractivity (Wildman–Crippen MR) is 77.2 cm³/mol. The van der Waals surface area contributed by atoms with Crippen LogP contribution in [0.4, 0.5) is 0 Å². The van der Waals surface area contributed by atoms with Gasteiger partial charge in [0.05, 0.1) is 5.92 Å². The Kier molecular flexibility index (Phi) is 5.44. The number of benzene rings is 1. The van der Waals surface area contributed by atoms with Gasteiger partial charge in [-0.2, -0.15) is 0 Å². The maximum atomic E-state index is 11.2. The van der Waals surface area contributed by atoms with Crippen molar-refractivity contribution >= 4 is 5.97 Å². The smallest absolute Gasteiger partial charge is 0.306 e. The van der Waals surface area contributed by atoms with Crippen molar-refractivity contribution < 1.29 is 9.90 Å². The number of hydrogen-bond donors (Lipinski definition) is 1. The van der Waals surface area contributed by atoms with Gasteiger partial charge in [0.1, 0.15) is 0 Å². The Morgan fingerprint density at radius 2 is 1.53 bits per heavy atom. The van der Waals surface area contributed by atoms with Gasteiger partial charge < -0.3 is 5.11 Å². The number of carbonyl (C=O) groups is 1. The maximum absolute atomic E-state index is 11.2. The van der Waals surface area contributed by atoms with Crippen molar-refractivity contribution in [2.75, 3.05) is 0 Å². The van der Waals surface area contributed by atoms with Crippen LogP contribution in [-0.4, -0.2) is 11.1 Å². The SMILES string of the molecule is O=C(O)C1CCCCCC(c2ccccc2)CCC1. The van der Waals surface area contributed by atoms with Crippen LogP contribution in [0.5, 0.6) is 0 Å². The molecule has 1 aromatic carbocycles. The van der Waals surface area contributed by atoms with Gasteiger partial charge in [-0.3, -0.25) is 4.79 Å². The Balaban J connectivity index is 1.97. The van der Waals surface area contributed by atoms with Crippen molar-refractivity contribution in [2.45, 2.75) is 57.3 Å². The molecule has 0 spiro atoms. The predicted octanol–water partition coefficient (Wildman–Crippen LogP) is 4.61. The summed E-state index contributed by atoms with van der Waals surface area (Å²) in [6.45, 7) is 0. The van der Waals surface area contributed by atoms with Crippen LogP contribution < -0.4 is 0 Å². The summed E-state index contributed by atoms with van der Waals surface area (Å²) in [5.74, 6) is -0.0971. The van der Waals surface area contributed by atoms with E-state index in [-0.39, 0.29) is 5.92 Å². The Morgan fingerprint density at radius 1 is 0.895 bits per heavy atom. The molecule has 1 fully saturated rings.